The van der Waals surface area contributed by atoms with Crippen molar-refractivity contribution < 1.29 is 9.53 Å². The van der Waals surface area contributed by atoms with Gasteiger partial charge in [-0.05, 0) is 31.0 Å². The van der Waals surface area contributed by atoms with Crippen LogP contribution < -0.4 is 10.1 Å². The van der Waals surface area contributed by atoms with Crippen LogP contribution in [0.3, 0.4) is 0 Å². The number of nitrogens with one attached hydrogen (secondary N) is 1. The highest BCUT2D eigenvalue weighted by Gasteiger charge is 2.43. The zero-order chi connectivity index (χ0) is 18.7. The Morgan fingerprint density at radius 3 is 2.85 bits per heavy atom. The van der Waals surface area contributed by atoms with Crippen molar-refractivity contribution in [2.45, 2.75) is 30.9 Å². The van der Waals surface area contributed by atoms with E-state index >= 15 is 0 Å². The molecule has 0 aliphatic carbocycles. The van der Waals surface area contributed by atoms with Gasteiger partial charge in [-0.15, -0.1) is 6.58 Å². The van der Waals surface area contributed by atoms with E-state index in [9.17, 15) is 4.79 Å². The standard InChI is InChI=1S/C22H25N3O2/c1-2-12-25-13-9-22(10-14-25)15-19(18-7-3-4-8-20(18)27-22)24-21(26)17-6-5-11-23-16-17/h2-8,11,16,19H,1,9-10,12-15H2,(H,24,26). The van der Waals surface area contributed by atoms with Gasteiger partial charge in [-0.1, -0.05) is 24.3 Å². The molecule has 1 saturated heterocycles. The molecule has 1 aromatic heterocycles. The Balaban J connectivity index is 1.56. The van der Waals surface area contributed by atoms with Crippen molar-refractivity contribution in [3.8, 4) is 5.75 Å². The maximum absolute atomic E-state index is 12.7. The summed E-state index contributed by atoms with van der Waals surface area (Å²) >= 11 is 0. The number of carbonyl (C=O) groups excluding carboxylic acids is 1. The first kappa shape index (κ1) is 17.7. The molecule has 1 amide bonds. The van der Waals surface area contributed by atoms with E-state index < -0.39 is 0 Å². The van der Waals surface area contributed by atoms with Gasteiger partial charge in [-0.2, -0.15) is 0 Å². The average Bonchev–Trinajstić information content (AvgIpc) is 2.71. The molecule has 140 valence electrons. The number of pyridine rings is 1. The van der Waals surface area contributed by atoms with Crippen molar-refractivity contribution >= 4 is 5.91 Å². The molecule has 3 heterocycles. The normalized spacial score (nSPS) is 21.1. The Hall–Kier alpha value is -2.66. The van der Waals surface area contributed by atoms with Crippen molar-refractivity contribution in [3.63, 3.8) is 0 Å². The third-order valence-corrected chi connectivity index (χ3v) is 5.58. The molecule has 1 spiro atoms. The Kier molecular flexibility index (Phi) is 4.94. The third kappa shape index (κ3) is 3.74. The second-order valence-corrected chi connectivity index (χ2v) is 7.38. The highest BCUT2D eigenvalue weighted by Crippen LogP contribution is 2.44. The van der Waals surface area contributed by atoms with Gasteiger partial charge in [-0.3, -0.25) is 14.7 Å². The van der Waals surface area contributed by atoms with E-state index in [0.29, 0.717) is 5.56 Å². The lowest BCUT2D eigenvalue weighted by molar-refractivity contribution is -0.0223. The molecule has 2 aromatic rings. The molecule has 27 heavy (non-hydrogen) atoms. The molecule has 0 saturated carbocycles. The van der Waals surface area contributed by atoms with Crippen molar-refractivity contribution in [2.24, 2.45) is 0 Å². The number of para-hydroxylation sites is 1. The number of aromatic nitrogens is 1. The highest BCUT2D eigenvalue weighted by molar-refractivity contribution is 5.94. The minimum atomic E-state index is -0.223. The SMILES string of the molecule is C=CCN1CCC2(CC1)CC(NC(=O)c1cccnc1)c1ccccc1O2. The third-order valence-electron chi connectivity index (χ3n) is 5.58. The lowest BCUT2D eigenvalue weighted by Crippen LogP contribution is -2.52. The summed E-state index contributed by atoms with van der Waals surface area (Å²) in [6.45, 7) is 6.71. The second-order valence-electron chi connectivity index (χ2n) is 7.38. The smallest absolute Gasteiger partial charge is 0.253 e. The van der Waals surface area contributed by atoms with Crippen molar-refractivity contribution in [1.82, 2.24) is 15.2 Å². The van der Waals surface area contributed by atoms with E-state index in [0.717, 1.165) is 50.2 Å². The van der Waals surface area contributed by atoms with Crippen LogP contribution in [0.5, 0.6) is 5.75 Å². The van der Waals surface area contributed by atoms with E-state index in [2.05, 4.69) is 21.8 Å². The largest absolute Gasteiger partial charge is 0.487 e. The number of ether oxygens (including phenoxy) is 1. The van der Waals surface area contributed by atoms with E-state index in [1.54, 1.807) is 24.5 Å². The minimum absolute atomic E-state index is 0.0615. The maximum atomic E-state index is 12.7. The Bertz CT molecular complexity index is 813. The van der Waals surface area contributed by atoms with Gasteiger partial charge in [0.2, 0.25) is 0 Å². The second kappa shape index (κ2) is 7.53. The van der Waals surface area contributed by atoms with Crippen molar-refractivity contribution in [3.05, 3.63) is 72.6 Å². The van der Waals surface area contributed by atoms with Crippen molar-refractivity contribution in [2.75, 3.05) is 19.6 Å². The summed E-state index contributed by atoms with van der Waals surface area (Å²) in [5, 5.41) is 3.21. The van der Waals surface area contributed by atoms with Gasteiger partial charge in [0.1, 0.15) is 11.4 Å². The Morgan fingerprint density at radius 2 is 2.11 bits per heavy atom. The van der Waals surface area contributed by atoms with Crippen LogP contribution >= 0.6 is 0 Å². The Morgan fingerprint density at radius 1 is 1.30 bits per heavy atom. The number of hydrogen-bond donors (Lipinski definition) is 1. The van der Waals surface area contributed by atoms with Gasteiger partial charge in [0.25, 0.3) is 5.91 Å². The van der Waals surface area contributed by atoms with Crippen LogP contribution in [-0.2, 0) is 0 Å². The van der Waals surface area contributed by atoms with Crippen LogP contribution in [0.15, 0.2) is 61.4 Å². The molecule has 4 rings (SSSR count). The monoisotopic (exact) mass is 363 g/mol. The average molecular weight is 363 g/mol. The van der Waals surface area contributed by atoms with Crippen LogP contribution in [0.25, 0.3) is 0 Å². The van der Waals surface area contributed by atoms with E-state index in [4.69, 9.17) is 4.74 Å². The summed E-state index contributed by atoms with van der Waals surface area (Å²) in [5.74, 6) is 0.793. The van der Waals surface area contributed by atoms with Gasteiger partial charge in [0.15, 0.2) is 0 Å². The summed E-state index contributed by atoms with van der Waals surface area (Å²) in [4.78, 5) is 19.2. The van der Waals surface area contributed by atoms with Gasteiger partial charge in [0.05, 0.1) is 11.6 Å². The molecule has 0 bridgehead atoms. The summed E-state index contributed by atoms with van der Waals surface area (Å²) in [7, 11) is 0. The quantitative estimate of drug-likeness (QED) is 0.847. The predicted octanol–water partition coefficient (Wildman–Crippen LogP) is 3.36. The lowest BCUT2D eigenvalue weighted by atomic mass is 9.80. The highest BCUT2D eigenvalue weighted by atomic mass is 16.5. The summed E-state index contributed by atoms with van der Waals surface area (Å²) in [6.07, 6.45) is 7.92. The van der Waals surface area contributed by atoms with Gasteiger partial charge < -0.3 is 10.1 Å². The molecule has 1 fully saturated rings. The van der Waals surface area contributed by atoms with Crippen LogP contribution in [0, 0.1) is 0 Å². The number of carbonyl (C=O) groups is 1. The van der Waals surface area contributed by atoms with Gasteiger partial charge in [0, 0.05) is 44.0 Å². The first-order valence-electron chi connectivity index (χ1n) is 9.51. The summed E-state index contributed by atoms with van der Waals surface area (Å²) in [6, 6.07) is 11.6. The number of amides is 1. The lowest BCUT2D eigenvalue weighted by Gasteiger charge is -2.47. The fraction of sp³-hybridized carbons (Fsp3) is 0.364. The zero-order valence-electron chi connectivity index (χ0n) is 15.4. The Labute approximate surface area is 160 Å². The first-order valence-corrected chi connectivity index (χ1v) is 9.51. The number of nitrogens with zero attached hydrogens (tertiary/aromatic N) is 2. The van der Waals surface area contributed by atoms with Crippen LogP contribution in [0.4, 0.5) is 0 Å². The zero-order valence-corrected chi connectivity index (χ0v) is 15.4. The molecule has 1 aromatic carbocycles. The number of hydrogen-bond acceptors (Lipinski definition) is 4. The number of rotatable bonds is 4. The first-order chi connectivity index (χ1) is 13.2. The molecule has 1 N–H and O–H groups in total. The van der Waals surface area contributed by atoms with Crippen LogP contribution in [0.1, 0.15) is 41.2 Å². The number of piperidine rings is 1. The topological polar surface area (TPSA) is 54.5 Å². The fourth-order valence-electron chi connectivity index (χ4n) is 4.12. The molecule has 5 nitrogen and oxygen atoms in total. The van der Waals surface area contributed by atoms with E-state index in [1.807, 2.05) is 30.3 Å². The molecule has 1 unspecified atom stereocenters. The van der Waals surface area contributed by atoms with Gasteiger partial charge >= 0.3 is 0 Å². The minimum Gasteiger partial charge on any atom is -0.487 e. The molecule has 2 aliphatic heterocycles. The van der Waals surface area contributed by atoms with Gasteiger partial charge in [-0.25, -0.2) is 0 Å². The predicted molar refractivity (Wildman–Crippen MR) is 105 cm³/mol. The van der Waals surface area contributed by atoms with E-state index in [1.165, 1.54) is 0 Å². The summed E-state index contributed by atoms with van der Waals surface area (Å²) < 4.78 is 6.49. The summed E-state index contributed by atoms with van der Waals surface area (Å²) in [5.41, 5.74) is 1.41. The number of fused-ring (bicyclic) bond motifs is 1. The molecular weight excluding hydrogens is 338 g/mol. The number of likely N-dealkylation sites (tertiary alicyclic amines) is 1. The molecule has 1 atom stereocenters. The molecule has 5 heteroatoms. The number of benzene rings is 1. The van der Waals surface area contributed by atoms with Crippen LogP contribution in [0.2, 0.25) is 0 Å². The van der Waals surface area contributed by atoms with Crippen LogP contribution in [-0.4, -0.2) is 41.0 Å². The van der Waals surface area contributed by atoms with E-state index in [-0.39, 0.29) is 17.6 Å². The molecule has 0 radical (unpaired) electrons. The molecular formula is C22H25N3O2. The molecule has 2 aliphatic rings. The van der Waals surface area contributed by atoms with Crippen molar-refractivity contribution in [1.29, 1.82) is 0 Å². The fourth-order valence-corrected chi connectivity index (χ4v) is 4.12. The maximum Gasteiger partial charge on any atom is 0.253 e.